The van der Waals surface area contributed by atoms with Crippen molar-refractivity contribution in [1.82, 2.24) is 4.90 Å². The molecule has 1 fully saturated rings. The van der Waals surface area contributed by atoms with Gasteiger partial charge in [-0.05, 0) is 49.7 Å². The Balaban J connectivity index is 1.73. The molecule has 1 aliphatic rings. The summed E-state index contributed by atoms with van der Waals surface area (Å²) in [5.41, 5.74) is 3.44. The molecular formula is C22H27N3O3. The number of aliphatic hydroxyl groups excluding tert-OH is 1. The second-order valence-corrected chi connectivity index (χ2v) is 7.26. The van der Waals surface area contributed by atoms with Crippen LogP contribution in [0.5, 0.6) is 0 Å². The Kier molecular flexibility index (Phi) is 5.99. The quantitative estimate of drug-likeness (QED) is 0.863. The Bertz CT molecular complexity index is 850. The summed E-state index contributed by atoms with van der Waals surface area (Å²) in [5, 5.41) is 9.05. The Morgan fingerprint density at radius 2 is 1.86 bits per heavy atom. The van der Waals surface area contributed by atoms with Crippen molar-refractivity contribution in [2.45, 2.75) is 19.9 Å². The number of aliphatic hydroxyl groups is 1. The standard InChI is InChI=1S/C22H27N3O3/c1-16-6-4-5-7-20(16)25-14-17(2)24(15-21(25)27)22(28)18-8-10-19(11-9-18)23(3)12-13-26/h4-11,17,26H,12-15H2,1-3H3. The van der Waals surface area contributed by atoms with E-state index in [1.54, 1.807) is 21.9 Å². The molecule has 1 aliphatic heterocycles. The number of hydrogen-bond acceptors (Lipinski definition) is 4. The van der Waals surface area contributed by atoms with Crippen LogP contribution in [0.25, 0.3) is 0 Å². The van der Waals surface area contributed by atoms with Gasteiger partial charge < -0.3 is 19.8 Å². The number of anilines is 2. The van der Waals surface area contributed by atoms with Gasteiger partial charge >= 0.3 is 0 Å². The third kappa shape index (κ3) is 4.02. The number of para-hydroxylation sites is 1. The van der Waals surface area contributed by atoms with Gasteiger partial charge in [0.25, 0.3) is 5.91 Å². The first kappa shape index (κ1) is 19.9. The zero-order valence-electron chi connectivity index (χ0n) is 16.6. The van der Waals surface area contributed by atoms with Crippen molar-refractivity contribution >= 4 is 23.2 Å². The van der Waals surface area contributed by atoms with Gasteiger partial charge in [0, 0.05) is 43.1 Å². The summed E-state index contributed by atoms with van der Waals surface area (Å²) in [6.07, 6.45) is 0. The molecule has 2 aromatic rings. The Hall–Kier alpha value is -2.86. The van der Waals surface area contributed by atoms with Crippen LogP contribution in [-0.4, -0.2) is 61.2 Å². The van der Waals surface area contributed by atoms with E-state index in [9.17, 15) is 9.59 Å². The van der Waals surface area contributed by atoms with Gasteiger partial charge in [-0.25, -0.2) is 0 Å². The summed E-state index contributed by atoms with van der Waals surface area (Å²) in [7, 11) is 1.89. The first-order chi connectivity index (χ1) is 13.4. The lowest BCUT2D eigenvalue weighted by atomic mass is 10.1. The largest absolute Gasteiger partial charge is 0.395 e. The highest BCUT2D eigenvalue weighted by molar-refractivity contribution is 6.02. The van der Waals surface area contributed by atoms with Crippen molar-refractivity contribution in [2.24, 2.45) is 0 Å². The molecule has 0 spiro atoms. The highest BCUT2D eigenvalue weighted by atomic mass is 16.3. The second-order valence-electron chi connectivity index (χ2n) is 7.26. The third-order valence-corrected chi connectivity index (χ3v) is 5.24. The fourth-order valence-electron chi connectivity index (χ4n) is 3.53. The highest BCUT2D eigenvalue weighted by Crippen LogP contribution is 2.25. The first-order valence-corrected chi connectivity index (χ1v) is 9.51. The maximum absolute atomic E-state index is 13.0. The first-order valence-electron chi connectivity index (χ1n) is 9.51. The Labute approximate surface area is 166 Å². The number of amides is 2. The SMILES string of the molecule is Cc1ccccc1N1CC(C)N(C(=O)c2ccc(N(C)CCO)cc2)CC1=O. The molecule has 0 aromatic heterocycles. The van der Waals surface area contributed by atoms with E-state index in [1.165, 1.54) is 0 Å². The van der Waals surface area contributed by atoms with Crippen molar-refractivity contribution in [1.29, 1.82) is 0 Å². The fourth-order valence-corrected chi connectivity index (χ4v) is 3.53. The number of carbonyl (C=O) groups is 2. The van der Waals surface area contributed by atoms with E-state index >= 15 is 0 Å². The lowest BCUT2D eigenvalue weighted by molar-refractivity contribution is -0.121. The fraction of sp³-hybridized carbons (Fsp3) is 0.364. The minimum Gasteiger partial charge on any atom is -0.395 e. The van der Waals surface area contributed by atoms with Crippen LogP contribution in [0.15, 0.2) is 48.5 Å². The van der Waals surface area contributed by atoms with Gasteiger partial charge in [-0.15, -0.1) is 0 Å². The Morgan fingerprint density at radius 3 is 2.50 bits per heavy atom. The number of likely N-dealkylation sites (N-methyl/N-ethyl adjacent to an activating group) is 1. The summed E-state index contributed by atoms with van der Waals surface area (Å²) < 4.78 is 0. The van der Waals surface area contributed by atoms with Gasteiger partial charge in [0.15, 0.2) is 0 Å². The minimum atomic E-state index is -0.137. The van der Waals surface area contributed by atoms with E-state index in [0.717, 1.165) is 16.9 Å². The predicted octanol–water partition coefficient (Wildman–Crippen LogP) is 2.30. The van der Waals surface area contributed by atoms with Gasteiger partial charge in [-0.3, -0.25) is 9.59 Å². The van der Waals surface area contributed by atoms with Crippen molar-refractivity contribution in [3.63, 3.8) is 0 Å². The zero-order valence-corrected chi connectivity index (χ0v) is 16.6. The number of rotatable bonds is 5. The molecular weight excluding hydrogens is 354 g/mol. The molecule has 0 bridgehead atoms. The van der Waals surface area contributed by atoms with E-state index in [4.69, 9.17) is 5.11 Å². The number of aryl methyl sites for hydroxylation is 1. The number of nitrogens with zero attached hydrogens (tertiary/aromatic N) is 3. The summed E-state index contributed by atoms with van der Waals surface area (Å²) >= 11 is 0. The molecule has 6 heteroatoms. The minimum absolute atomic E-state index is 0.0694. The van der Waals surface area contributed by atoms with Gasteiger partial charge in [-0.2, -0.15) is 0 Å². The average molecular weight is 381 g/mol. The maximum Gasteiger partial charge on any atom is 0.254 e. The van der Waals surface area contributed by atoms with E-state index in [-0.39, 0.29) is 31.0 Å². The molecule has 3 rings (SSSR count). The molecule has 2 aromatic carbocycles. The average Bonchev–Trinajstić information content (AvgIpc) is 2.70. The van der Waals surface area contributed by atoms with Crippen LogP contribution in [0.2, 0.25) is 0 Å². The van der Waals surface area contributed by atoms with E-state index < -0.39 is 0 Å². The van der Waals surface area contributed by atoms with E-state index in [1.807, 2.05) is 62.2 Å². The predicted molar refractivity (Wildman–Crippen MR) is 111 cm³/mol. The van der Waals surface area contributed by atoms with Crippen molar-refractivity contribution in [3.05, 3.63) is 59.7 Å². The molecule has 1 atom stereocenters. The van der Waals surface area contributed by atoms with Crippen LogP contribution >= 0.6 is 0 Å². The molecule has 1 N–H and O–H groups in total. The summed E-state index contributed by atoms with van der Waals surface area (Å²) in [6, 6.07) is 15.0. The van der Waals surface area contributed by atoms with Gasteiger partial charge in [0.2, 0.25) is 5.91 Å². The monoisotopic (exact) mass is 381 g/mol. The second kappa shape index (κ2) is 8.44. The number of carbonyl (C=O) groups excluding carboxylic acids is 2. The smallest absolute Gasteiger partial charge is 0.254 e. The lowest BCUT2D eigenvalue weighted by Gasteiger charge is -2.40. The molecule has 0 radical (unpaired) electrons. The number of piperazine rings is 1. The van der Waals surface area contributed by atoms with Crippen LogP contribution < -0.4 is 9.80 Å². The number of benzene rings is 2. The van der Waals surface area contributed by atoms with Crippen molar-refractivity contribution in [2.75, 3.05) is 43.1 Å². The summed E-state index contributed by atoms with van der Waals surface area (Å²) in [5.74, 6) is -0.207. The van der Waals surface area contributed by atoms with E-state index in [2.05, 4.69) is 0 Å². The molecule has 1 unspecified atom stereocenters. The molecule has 0 aliphatic carbocycles. The van der Waals surface area contributed by atoms with Crippen LogP contribution in [0, 0.1) is 6.92 Å². The van der Waals surface area contributed by atoms with Gasteiger partial charge in [0.05, 0.1) is 6.61 Å². The zero-order chi connectivity index (χ0) is 20.3. The molecule has 2 amide bonds. The van der Waals surface area contributed by atoms with Crippen molar-refractivity contribution < 1.29 is 14.7 Å². The maximum atomic E-state index is 13.0. The van der Waals surface area contributed by atoms with Gasteiger partial charge in [0.1, 0.15) is 6.54 Å². The van der Waals surface area contributed by atoms with E-state index in [0.29, 0.717) is 18.7 Å². The molecule has 0 saturated carbocycles. The van der Waals surface area contributed by atoms with Crippen LogP contribution in [0.1, 0.15) is 22.8 Å². The lowest BCUT2D eigenvalue weighted by Crippen LogP contribution is -2.57. The molecule has 6 nitrogen and oxygen atoms in total. The molecule has 28 heavy (non-hydrogen) atoms. The molecule has 148 valence electrons. The summed E-state index contributed by atoms with van der Waals surface area (Å²) in [6.45, 7) is 5.11. The van der Waals surface area contributed by atoms with Crippen LogP contribution in [-0.2, 0) is 4.79 Å². The van der Waals surface area contributed by atoms with Crippen LogP contribution in [0.3, 0.4) is 0 Å². The normalized spacial score (nSPS) is 17.0. The number of hydrogen-bond donors (Lipinski definition) is 1. The molecule has 1 saturated heterocycles. The summed E-state index contributed by atoms with van der Waals surface area (Å²) in [4.78, 5) is 31.1. The van der Waals surface area contributed by atoms with Crippen LogP contribution in [0.4, 0.5) is 11.4 Å². The highest BCUT2D eigenvalue weighted by Gasteiger charge is 2.34. The molecule has 1 heterocycles. The Morgan fingerprint density at radius 1 is 1.18 bits per heavy atom. The van der Waals surface area contributed by atoms with Gasteiger partial charge in [-0.1, -0.05) is 18.2 Å². The third-order valence-electron chi connectivity index (χ3n) is 5.24. The van der Waals surface area contributed by atoms with Crippen molar-refractivity contribution in [3.8, 4) is 0 Å². The topological polar surface area (TPSA) is 64.1 Å².